The number of rotatable bonds is 0. The van der Waals surface area contributed by atoms with Gasteiger partial charge in [-0.05, 0) is 73.9 Å². The maximum atomic E-state index is 8.88. The third-order valence-electron chi connectivity index (χ3n) is 3.00. The third kappa shape index (κ3) is 18.3. The smallest absolute Gasteiger partial charge is 0.466 e. The summed E-state index contributed by atoms with van der Waals surface area (Å²) >= 11 is 0. The summed E-state index contributed by atoms with van der Waals surface area (Å²) < 4.78 is 8.88. The van der Waals surface area contributed by atoms with Gasteiger partial charge in [-0.2, -0.15) is 0 Å². The lowest BCUT2D eigenvalue weighted by Gasteiger charge is -1.89. The van der Waals surface area contributed by atoms with Crippen LogP contribution in [0.4, 0.5) is 0 Å². The Labute approximate surface area is 170 Å². The molecule has 0 saturated carbocycles. The number of benzene rings is 3. The van der Waals surface area contributed by atoms with E-state index in [9.17, 15) is 0 Å². The zero-order valence-electron chi connectivity index (χ0n) is 16.5. The van der Waals surface area contributed by atoms with E-state index in [0.717, 1.165) is 16.7 Å². The predicted molar refractivity (Wildman–Crippen MR) is 113 cm³/mol. The van der Waals surface area contributed by atoms with E-state index in [4.69, 9.17) is 34.6 Å². The van der Waals surface area contributed by atoms with Gasteiger partial charge in [-0.3, -0.25) is 0 Å². The van der Waals surface area contributed by atoms with Crippen molar-refractivity contribution >= 4 is 7.82 Å². The Morgan fingerprint density at radius 1 is 0.552 bits per heavy atom. The lowest BCUT2D eigenvalue weighted by molar-refractivity contribution is 0.275. The van der Waals surface area contributed by atoms with E-state index in [2.05, 4.69) is 0 Å². The van der Waals surface area contributed by atoms with Crippen molar-refractivity contribution in [1.82, 2.24) is 0 Å². The molecule has 0 unspecified atom stereocenters. The van der Waals surface area contributed by atoms with Crippen LogP contribution in [0.3, 0.4) is 0 Å². The molecule has 0 aromatic heterocycles. The number of phenolic OH excluding ortho intramolecular Hbond substituents is 3. The van der Waals surface area contributed by atoms with Crippen LogP contribution in [0.5, 0.6) is 17.2 Å². The molecule has 0 saturated heterocycles. The molecular weight excluding hydrogens is 395 g/mol. The van der Waals surface area contributed by atoms with Gasteiger partial charge in [-0.25, -0.2) is 4.57 Å². The van der Waals surface area contributed by atoms with Crippen molar-refractivity contribution in [2.24, 2.45) is 0 Å². The molecular formula is C21H27O7P. The SMILES string of the molecule is Cc1cccc(O)c1.Cc1cccc(O)c1.Cc1cccc(O)c1.O=P(O)(O)O. The largest absolute Gasteiger partial charge is 0.508 e. The van der Waals surface area contributed by atoms with Crippen molar-refractivity contribution in [3.63, 3.8) is 0 Å². The first-order valence-electron chi connectivity index (χ1n) is 8.42. The van der Waals surface area contributed by atoms with Crippen LogP contribution < -0.4 is 0 Å². The van der Waals surface area contributed by atoms with Crippen LogP contribution in [-0.2, 0) is 4.57 Å². The lowest BCUT2D eigenvalue weighted by Crippen LogP contribution is -1.66. The van der Waals surface area contributed by atoms with Crippen molar-refractivity contribution in [3.05, 3.63) is 89.5 Å². The maximum Gasteiger partial charge on any atom is 0.466 e. The number of aryl methyl sites for hydroxylation is 3. The van der Waals surface area contributed by atoms with E-state index in [0.29, 0.717) is 17.2 Å². The molecule has 0 fully saturated rings. The molecule has 0 aliphatic rings. The quantitative estimate of drug-likeness (QED) is 0.299. The molecule has 3 rings (SSSR count). The summed E-state index contributed by atoms with van der Waals surface area (Å²) in [7, 11) is -4.64. The first-order valence-corrected chi connectivity index (χ1v) is 9.98. The lowest BCUT2D eigenvalue weighted by atomic mass is 10.2. The molecule has 29 heavy (non-hydrogen) atoms. The molecule has 8 heteroatoms. The standard InChI is InChI=1S/3C7H8O.H3O4P/c3*1-6-3-2-4-7(8)5-6;1-5(2,3)4/h3*2-5,8H,1H3;(H3,1,2,3,4). The van der Waals surface area contributed by atoms with Crippen molar-refractivity contribution in [1.29, 1.82) is 0 Å². The third-order valence-corrected chi connectivity index (χ3v) is 3.00. The maximum absolute atomic E-state index is 8.88. The molecule has 3 aromatic rings. The van der Waals surface area contributed by atoms with E-state index < -0.39 is 7.82 Å². The summed E-state index contributed by atoms with van der Waals surface area (Å²) in [6.45, 7) is 5.83. The Bertz CT molecular complexity index is 743. The van der Waals surface area contributed by atoms with Crippen molar-refractivity contribution in [2.45, 2.75) is 20.8 Å². The van der Waals surface area contributed by atoms with Gasteiger partial charge in [0.2, 0.25) is 0 Å². The highest BCUT2D eigenvalue weighted by atomic mass is 31.2. The molecule has 6 N–H and O–H groups in total. The summed E-state index contributed by atoms with van der Waals surface area (Å²) in [6, 6.07) is 21.5. The fourth-order valence-corrected chi connectivity index (χ4v) is 1.88. The molecule has 0 spiro atoms. The van der Waals surface area contributed by atoms with Gasteiger partial charge in [-0.1, -0.05) is 36.4 Å². The minimum Gasteiger partial charge on any atom is -0.508 e. The van der Waals surface area contributed by atoms with Crippen LogP contribution >= 0.6 is 7.82 Å². The summed E-state index contributed by atoms with van der Waals surface area (Å²) in [6.07, 6.45) is 0. The van der Waals surface area contributed by atoms with Crippen molar-refractivity contribution < 1.29 is 34.6 Å². The molecule has 158 valence electrons. The number of hydrogen-bond acceptors (Lipinski definition) is 4. The summed E-state index contributed by atoms with van der Waals surface area (Å²) in [5.74, 6) is 1.01. The molecule has 0 radical (unpaired) electrons. The van der Waals surface area contributed by atoms with Crippen LogP contribution in [-0.4, -0.2) is 30.0 Å². The number of phenols is 3. The Kier molecular flexibility index (Phi) is 12.1. The van der Waals surface area contributed by atoms with Crippen LogP contribution in [0, 0.1) is 20.8 Å². The monoisotopic (exact) mass is 422 g/mol. The predicted octanol–water partition coefficient (Wildman–Crippen LogP) is 4.17. The van der Waals surface area contributed by atoms with Crippen LogP contribution in [0.2, 0.25) is 0 Å². The molecule has 0 atom stereocenters. The average molecular weight is 422 g/mol. The molecule has 0 bridgehead atoms. The highest BCUT2D eigenvalue weighted by Crippen LogP contribution is 2.25. The molecule has 7 nitrogen and oxygen atoms in total. The normalized spacial score (nSPS) is 9.59. The van der Waals surface area contributed by atoms with E-state index in [1.165, 1.54) is 0 Å². The minimum absolute atomic E-state index is 0.338. The second-order valence-electron chi connectivity index (χ2n) is 6.03. The fraction of sp³-hybridized carbons (Fsp3) is 0.143. The topological polar surface area (TPSA) is 138 Å². The minimum atomic E-state index is -4.64. The van der Waals surface area contributed by atoms with Crippen molar-refractivity contribution in [2.75, 3.05) is 0 Å². The molecule has 0 heterocycles. The van der Waals surface area contributed by atoms with Crippen molar-refractivity contribution in [3.8, 4) is 17.2 Å². The summed E-state index contributed by atoms with van der Waals surface area (Å²) in [4.78, 5) is 21.6. The van der Waals surface area contributed by atoms with Crippen LogP contribution in [0.1, 0.15) is 16.7 Å². The Morgan fingerprint density at radius 2 is 0.759 bits per heavy atom. The summed E-state index contributed by atoms with van der Waals surface area (Å²) in [5, 5.41) is 26.4. The summed E-state index contributed by atoms with van der Waals surface area (Å²) in [5.41, 5.74) is 3.26. The first-order chi connectivity index (χ1) is 13.4. The number of aromatic hydroxyl groups is 3. The molecule has 0 amide bonds. The second-order valence-corrected chi connectivity index (χ2v) is 7.06. The zero-order valence-corrected chi connectivity index (χ0v) is 17.4. The van der Waals surface area contributed by atoms with Gasteiger partial charge in [0.15, 0.2) is 0 Å². The first kappa shape index (κ1) is 26.2. The van der Waals surface area contributed by atoms with Crippen LogP contribution in [0.15, 0.2) is 72.8 Å². The van der Waals surface area contributed by atoms with Crippen LogP contribution in [0.25, 0.3) is 0 Å². The highest BCUT2D eigenvalue weighted by Gasteiger charge is 2.00. The van der Waals surface area contributed by atoms with Gasteiger partial charge in [0.05, 0.1) is 0 Å². The molecule has 3 aromatic carbocycles. The highest BCUT2D eigenvalue weighted by molar-refractivity contribution is 7.45. The zero-order chi connectivity index (χ0) is 22.4. The van der Waals surface area contributed by atoms with E-state index in [-0.39, 0.29) is 0 Å². The average Bonchev–Trinajstić information content (AvgIpc) is 2.53. The molecule has 0 aliphatic carbocycles. The number of phosphoric acid groups is 1. The Hall–Kier alpha value is -2.83. The van der Waals surface area contributed by atoms with Gasteiger partial charge in [0.1, 0.15) is 17.2 Å². The Morgan fingerprint density at radius 3 is 0.862 bits per heavy atom. The Balaban J connectivity index is 0.000000367. The van der Waals surface area contributed by atoms with Gasteiger partial charge < -0.3 is 30.0 Å². The van der Waals surface area contributed by atoms with E-state index >= 15 is 0 Å². The van der Waals surface area contributed by atoms with Gasteiger partial charge in [0.25, 0.3) is 0 Å². The second kappa shape index (κ2) is 13.4. The number of hydrogen-bond donors (Lipinski definition) is 6. The van der Waals surface area contributed by atoms with Gasteiger partial charge >= 0.3 is 7.82 Å². The van der Waals surface area contributed by atoms with E-state index in [1.54, 1.807) is 36.4 Å². The van der Waals surface area contributed by atoms with Gasteiger partial charge in [0, 0.05) is 0 Å². The fourth-order valence-electron chi connectivity index (χ4n) is 1.88. The van der Waals surface area contributed by atoms with E-state index in [1.807, 2.05) is 57.2 Å². The molecule has 0 aliphatic heterocycles. The van der Waals surface area contributed by atoms with Gasteiger partial charge in [-0.15, -0.1) is 0 Å².